The number of hydrogen-bond acceptors (Lipinski definition) is 7. The van der Waals surface area contributed by atoms with Crippen LogP contribution in [0.5, 0.6) is 0 Å². The molecule has 1 fully saturated rings. The van der Waals surface area contributed by atoms with Crippen LogP contribution in [0, 0.1) is 17.6 Å². The molecule has 0 saturated carbocycles. The Bertz CT molecular complexity index is 1540. The van der Waals surface area contributed by atoms with Crippen molar-refractivity contribution < 1.29 is 18.7 Å². The third kappa shape index (κ3) is 3.07. The molecule has 0 spiro atoms. The van der Waals surface area contributed by atoms with E-state index in [0.29, 0.717) is 29.9 Å². The van der Waals surface area contributed by atoms with E-state index in [2.05, 4.69) is 5.43 Å². The molecular weight excluding hydrogens is 476 g/mol. The molecule has 1 aliphatic rings. The van der Waals surface area contributed by atoms with E-state index >= 15 is 4.39 Å². The Hall–Kier alpha value is -2.99. The monoisotopic (exact) mass is 493 g/mol. The maximum absolute atomic E-state index is 15.7. The number of anilines is 2. The molecule has 0 bridgehead atoms. The maximum atomic E-state index is 15.7. The highest BCUT2D eigenvalue weighted by molar-refractivity contribution is 7.24. The quantitative estimate of drug-likeness (QED) is 0.253. The molecule has 172 valence electrons. The van der Waals surface area contributed by atoms with E-state index in [4.69, 9.17) is 23.2 Å². The van der Waals surface area contributed by atoms with Gasteiger partial charge in [0.2, 0.25) is 5.43 Å². The highest BCUT2D eigenvalue weighted by Crippen LogP contribution is 2.44. The number of thiazole rings is 1. The average molecular weight is 494 g/mol. The lowest BCUT2D eigenvalue weighted by molar-refractivity contribution is 0.0697. The van der Waals surface area contributed by atoms with Crippen molar-refractivity contribution in [2.45, 2.75) is 6.42 Å². The number of hydrazine groups is 1. The SMILES string of the molecule is NCC1CCN(c2c(F)c(NN)c3c(=O)c(C(=O)O)c4sc5cc(F)ccc5n4c3c2Cl)C1. The summed E-state index contributed by atoms with van der Waals surface area (Å²) in [6.07, 6.45) is 0.740. The zero-order valence-electron chi connectivity index (χ0n) is 17.0. The Kier molecular flexibility index (Phi) is 5.16. The molecule has 5 rings (SSSR count). The van der Waals surface area contributed by atoms with Crippen molar-refractivity contribution >= 4 is 66.2 Å². The van der Waals surface area contributed by atoms with Gasteiger partial charge in [-0.2, -0.15) is 0 Å². The Morgan fingerprint density at radius 1 is 1.36 bits per heavy atom. The maximum Gasteiger partial charge on any atom is 0.342 e. The van der Waals surface area contributed by atoms with Crippen molar-refractivity contribution in [1.82, 2.24) is 4.40 Å². The van der Waals surface area contributed by atoms with Crippen LogP contribution in [0.4, 0.5) is 20.2 Å². The summed E-state index contributed by atoms with van der Waals surface area (Å²) >= 11 is 7.70. The molecule has 1 saturated heterocycles. The van der Waals surface area contributed by atoms with Gasteiger partial charge in [-0.15, -0.1) is 11.3 Å². The van der Waals surface area contributed by atoms with Crippen LogP contribution < -0.4 is 27.3 Å². The number of aromatic nitrogens is 1. The lowest BCUT2D eigenvalue weighted by atomic mass is 10.1. The number of hydrogen-bond donors (Lipinski definition) is 4. The van der Waals surface area contributed by atoms with E-state index in [-0.39, 0.29) is 38.0 Å². The molecule has 1 unspecified atom stereocenters. The number of benzene rings is 2. The van der Waals surface area contributed by atoms with Crippen molar-refractivity contribution in [2.24, 2.45) is 17.5 Å². The highest BCUT2D eigenvalue weighted by Gasteiger charge is 2.32. The van der Waals surface area contributed by atoms with Gasteiger partial charge in [-0.1, -0.05) is 11.6 Å². The molecule has 1 atom stereocenters. The Morgan fingerprint density at radius 3 is 2.76 bits per heavy atom. The van der Waals surface area contributed by atoms with Gasteiger partial charge in [0.25, 0.3) is 0 Å². The summed E-state index contributed by atoms with van der Waals surface area (Å²) in [5, 5.41) is 9.45. The Balaban J connectivity index is 2.02. The molecule has 0 amide bonds. The van der Waals surface area contributed by atoms with Crippen LogP contribution in [0.25, 0.3) is 25.9 Å². The zero-order valence-corrected chi connectivity index (χ0v) is 18.6. The minimum absolute atomic E-state index is 0.0470. The van der Waals surface area contributed by atoms with Gasteiger partial charge in [0, 0.05) is 13.1 Å². The van der Waals surface area contributed by atoms with Gasteiger partial charge in [0.15, 0.2) is 5.82 Å². The predicted octanol–water partition coefficient (Wildman–Crippen LogP) is 3.37. The van der Waals surface area contributed by atoms with Crippen LogP contribution in [0.2, 0.25) is 5.02 Å². The third-order valence-electron chi connectivity index (χ3n) is 6.09. The first-order chi connectivity index (χ1) is 15.8. The number of fused-ring (bicyclic) bond motifs is 5. The van der Waals surface area contributed by atoms with Crippen LogP contribution in [0.15, 0.2) is 23.0 Å². The molecule has 2 aromatic heterocycles. The van der Waals surface area contributed by atoms with Gasteiger partial charge in [0.1, 0.15) is 21.9 Å². The molecule has 2 aromatic carbocycles. The smallest absolute Gasteiger partial charge is 0.342 e. The van der Waals surface area contributed by atoms with Crippen LogP contribution >= 0.6 is 22.9 Å². The predicted molar refractivity (Wildman–Crippen MR) is 126 cm³/mol. The van der Waals surface area contributed by atoms with E-state index in [0.717, 1.165) is 17.8 Å². The van der Waals surface area contributed by atoms with Crippen molar-refractivity contribution in [1.29, 1.82) is 0 Å². The number of aromatic carboxylic acids is 1. The van der Waals surface area contributed by atoms with Crippen molar-refractivity contribution in [2.75, 3.05) is 30.0 Å². The standard InChI is InChI=1S/C21H18ClF2N5O3S/c22-14-17-12(16(27-26)15(24)18(14)28-4-3-8(6-25)7-28)19(30)13(21(31)32)20-29(17)10-2-1-9(23)5-11(10)33-20/h1-2,5,8,27H,3-4,6-7,25-26H2,(H,31,32). The van der Waals surface area contributed by atoms with Gasteiger partial charge in [0.05, 0.1) is 31.8 Å². The topological polar surface area (TPSA) is 126 Å². The fourth-order valence-corrected chi connectivity index (χ4v) is 6.13. The summed E-state index contributed by atoms with van der Waals surface area (Å²) < 4.78 is 31.5. The molecule has 0 aliphatic carbocycles. The van der Waals surface area contributed by atoms with Gasteiger partial charge in [-0.25, -0.2) is 13.6 Å². The molecule has 6 N–H and O–H groups in total. The lowest BCUT2D eigenvalue weighted by Crippen LogP contribution is -2.26. The first kappa shape index (κ1) is 21.8. The van der Waals surface area contributed by atoms with E-state index < -0.39 is 28.6 Å². The van der Waals surface area contributed by atoms with E-state index in [1.54, 1.807) is 4.90 Å². The van der Waals surface area contributed by atoms with E-state index in [9.17, 15) is 19.1 Å². The summed E-state index contributed by atoms with van der Waals surface area (Å²) in [5.41, 5.74) is 6.70. The summed E-state index contributed by atoms with van der Waals surface area (Å²) in [4.78, 5) is 27.2. The minimum Gasteiger partial charge on any atom is -0.477 e. The first-order valence-corrected chi connectivity index (χ1v) is 11.2. The number of rotatable bonds is 4. The van der Waals surface area contributed by atoms with Crippen LogP contribution in [-0.4, -0.2) is 35.1 Å². The molecule has 1 aliphatic heterocycles. The summed E-state index contributed by atoms with van der Waals surface area (Å²) in [5.74, 6) is 2.89. The number of nitrogens with one attached hydrogen (secondary N) is 1. The largest absolute Gasteiger partial charge is 0.477 e. The van der Waals surface area contributed by atoms with E-state index in [1.807, 2.05) is 0 Å². The number of nitrogens with two attached hydrogens (primary N) is 2. The second-order valence-corrected chi connectivity index (χ2v) is 9.33. The molecule has 4 aromatic rings. The Labute approximate surface area is 193 Å². The second-order valence-electron chi connectivity index (χ2n) is 7.92. The van der Waals surface area contributed by atoms with Crippen molar-refractivity contribution in [3.63, 3.8) is 0 Å². The van der Waals surface area contributed by atoms with Crippen LogP contribution in [-0.2, 0) is 0 Å². The second kappa shape index (κ2) is 7.80. The molecule has 8 nitrogen and oxygen atoms in total. The van der Waals surface area contributed by atoms with Crippen LogP contribution in [0.1, 0.15) is 16.8 Å². The highest BCUT2D eigenvalue weighted by atomic mass is 35.5. The number of halogens is 3. The minimum atomic E-state index is -1.50. The molecular formula is C21H18ClF2N5O3S. The normalized spacial score (nSPS) is 16.4. The zero-order chi connectivity index (χ0) is 23.6. The van der Waals surface area contributed by atoms with Gasteiger partial charge < -0.3 is 21.2 Å². The number of nitrogens with zero attached hydrogens (tertiary/aromatic N) is 2. The molecule has 0 radical (unpaired) electrons. The summed E-state index contributed by atoms with van der Waals surface area (Å²) in [7, 11) is 0. The van der Waals surface area contributed by atoms with Gasteiger partial charge >= 0.3 is 5.97 Å². The van der Waals surface area contributed by atoms with Crippen molar-refractivity contribution in [3.8, 4) is 0 Å². The Morgan fingerprint density at radius 2 is 2.12 bits per heavy atom. The lowest BCUT2D eigenvalue weighted by Gasteiger charge is -2.24. The molecule has 3 heterocycles. The van der Waals surface area contributed by atoms with E-state index in [1.165, 1.54) is 22.6 Å². The summed E-state index contributed by atoms with van der Waals surface area (Å²) in [6, 6.07) is 3.91. The number of nitrogen functional groups attached to an aromatic ring is 1. The summed E-state index contributed by atoms with van der Waals surface area (Å²) in [6.45, 7) is 1.39. The molecule has 33 heavy (non-hydrogen) atoms. The fourth-order valence-electron chi connectivity index (χ4n) is 4.55. The van der Waals surface area contributed by atoms with Gasteiger partial charge in [-0.3, -0.25) is 15.0 Å². The number of pyridine rings is 1. The number of carboxylic acid groups (broad SMARTS) is 1. The fraction of sp³-hybridized carbons (Fsp3) is 0.238. The van der Waals surface area contributed by atoms with Crippen molar-refractivity contribution in [3.05, 3.63) is 50.6 Å². The first-order valence-electron chi connectivity index (χ1n) is 10.0. The third-order valence-corrected chi connectivity index (χ3v) is 7.57. The molecule has 12 heteroatoms. The van der Waals surface area contributed by atoms with Gasteiger partial charge in [-0.05, 0) is 37.1 Å². The number of carbonyl (C=O) groups is 1. The van der Waals surface area contributed by atoms with Crippen LogP contribution in [0.3, 0.4) is 0 Å². The average Bonchev–Trinajstić information content (AvgIpc) is 3.38. The number of carboxylic acids is 1.